The van der Waals surface area contributed by atoms with E-state index >= 15 is 0 Å². The quantitative estimate of drug-likeness (QED) is 0.810. The van der Waals surface area contributed by atoms with Gasteiger partial charge in [0.2, 0.25) is 0 Å². The van der Waals surface area contributed by atoms with Gasteiger partial charge in [-0.25, -0.2) is 0 Å². The Morgan fingerprint density at radius 3 is 2.62 bits per heavy atom. The summed E-state index contributed by atoms with van der Waals surface area (Å²) in [5.74, 6) is 0.352. The maximum Gasteiger partial charge on any atom is 0.0575 e. The molecular weight excluding hydrogens is 260 g/mol. The minimum Gasteiger partial charge on any atom is -0.393 e. The van der Waals surface area contributed by atoms with Crippen LogP contribution in [0.5, 0.6) is 0 Å². The van der Waals surface area contributed by atoms with Crippen LogP contribution in [0.1, 0.15) is 45.2 Å². The molecule has 21 heavy (non-hydrogen) atoms. The van der Waals surface area contributed by atoms with Crippen molar-refractivity contribution < 1.29 is 5.11 Å². The fourth-order valence-corrected chi connectivity index (χ4v) is 3.02. The number of nitrogens with zero attached hydrogens (tertiary/aromatic N) is 1. The highest BCUT2D eigenvalue weighted by atomic mass is 16.3. The second-order valence-corrected chi connectivity index (χ2v) is 6.62. The van der Waals surface area contributed by atoms with Crippen LogP contribution in [-0.4, -0.2) is 41.8 Å². The van der Waals surface area contributed by atoms with Gasteiger partial charge >= 0.3 is 0 Å². The van der Waals surface area contributed by atoms with Gasteiger partial charge in [-0.05, 0) is 37.8 Å². The van der Waals surface area contributed by atoms with Crippen LogP contribution in [0.15, 0.2) is 30.3 Å². The van der Waals surface area contributed by atoms with Crippen LogP contribution < -0.4 is 5.32 Å². The van der Waals surface area contributed by atoms with E-state index in [1.165, 1.54) is 12.0 Å². The van der Waals surface area contributed by atoms with Crippen molar-refractivity contribution in [3.63, 3.8) is 0 Å². The van der Waals surface area contributed by atoms with Crippen molar-refractivity contribution >= 4 is 0 Å². The highest BCUT2D eigenvalue weighted by Gasteiger charge is 2.26. The molecule has 3 nitrogen and oxygen atoms in total. The molecule has 3 unspecified atom stereocenters. The van der Waals surface area contributed by atoms with E-state index in [0.29, 0.717) is 18.0 Å². The van der Waals surface area contributed by atoms with Crippen molar-refractivity contribution in [2.75, 3.05) is 19.6 Å². The Balaban J connectivity index is 1.73. The minimum absolute atomic E-state index is 0.182. The van der Waals surface area contributed by atoms with Crippen LogP contribution in [0.3, 0.4) is 0 Å². The number of hydrogen-bond acceptors (Lipinski definition) is 3. The Kier molecular flexibility index (Phi) is 6.22. The highest BCUT2D eigenvalue weighted by molar-refractivity contribution is 5.18. The van der Waals surface area contributed by atoms with E-state index in [0.717, 1.165) is 26.1 Å². The van der Waals surface area contributed by atoms with Gasteiger partial charge in [0.25, 0.3) is 0 Å². The zero-order chi connectivity index (χ0) is 15.2. The van der Waals surface area contributed by atoms with E-state index in [2.05, 4.69) is 61.3 Å². The number of hydrogen-bond donors (Lipinski definition) is 2. The molecule has 1 heterocycles. The summed E-state index contributed by atoms with van der Waals surface area (Å²) in [6.07, 6.45) is 1.87. The lowest BCUT2D eigenvalue weighted by Crippen LogP contribution is -2.35. The molecule has 1 aromatic rings. The summed E-state index contributed by atoms with van der Waals surface area (Å²) < 4.78 is 0. The lowest BCUT2D eigenvalue weighted by molar-refractivity contribution is 0.115. The van der Waals surface area contributed by atoms with Crippen molar-refractivity contribution in [2.24, 2.45) is 5.92 Å². The molecule has 0 saturated carbocycles. The van der Waals surface area contributed by atoms with Crippen molar-refractivity contribution in [2.45, 2.75) is 51.8 Å². The molecule has 0 radical (unpaired) electrons. The third-order valence-corrected chi connectivity index (χ3v) is 4.69. The van der Waals surface area contributed by atoms with Gasteiger partial charge in [-0.3, -0.25) is 4.90 Å². The van der Waals surface area contributed by atoms with E-state index in [4.69, 9.17) is 0 Å². The van der Waals surface area contributed by atoms with Gasteiger partial charge in [-0.2, -0.15) is 0 Å². The van der Waals surface area contributed by atoms with Crippen molar-refractivity contribution in [1.82, 2.24) is 10.2 Å². The minimum atomic E-state index is -0.182. The third kappa shape index (κ3) is 4.80. The monoisotopic (exact) mass is 290 g/mol. The molecule has 1 aliphatic heterocycles. The first-order chi connectivity index (χ1) is 10.1. The third-order valence-electron chi connectivity index (χ3n) is 4.69. The summed E-state index contributed by atoms with van der Waals surface area (Å²) >= 11 is 0. The fourth-order valence-electron chi connectivity index (χ4n) is 3.02. The first-order valence-electron chi connectivity index (χ1n) is 8.28. The van der Waals surface area contributed by atoms with Gasteiger partial charge in [0.15, 0.2) is 0 Å². The maximum atomic E-state index is 9.84. The Labute approximate surface area is 129 Å². The number of benzene rings is 1. The van der Waals surface area contributed by atoms with Gasteiger partial charge in [-0.15, -0.1) is 0 Å². The first kappa shape index (κ1) is 16.5. The van der Waals surface area contributed by atoms with Crippen molar-refractivity contribution in [3.05, 3.63) is 35.9 Å². The van der Waals surface area contributed by atoms with Crippen LogP contribution in [-0.2, 0) is 0 Å². The molecule has 0 spiro atoms. The summed E-state index contributed by atoms with van der Waals surface area (Å²) in [5, 5.41) is 13.4. The van der Waals surface area contributed by atoms with Gasteiger partial charge in [0, 0.05) is 25.2 Å². The smallest absolute Gasteiger partial charge is 0.0575 e. The van der Waals surface area contributed by atoms with Crippen molar-refractivity contribution in [1.29, 1.82) is 0 Å². The van der Waals surface area contributed by atoms with Gasteiger partial charge in [0.05, 0.1) is 6.10 Å². The molecule has 1 fully saturated rings. The molecule has 1 saturated heterocycles. The zero-order valence-corrected chi connectivity index (χ0v) is 13.6. The van der Waals surface area contributed by atoms with E-state index < -0.39 is 0 Å². The summed E-state index contributed by atoms with van der Waals surface area (Å²) in [6.45, 7) is 9.61. The van der Waals surface area contributed by atoms with Crippen LogP contribution in [0.4, 0.5) is 0 Å². The number of aliphatic hydroxyl groups is 1. The number of rotatable bonds is 7. The van der Waals surface area contributed by atoms with Gasteiger partial charge in [0.1, 0.15) is 0 Å². The summed E-state index contributed by atoms with van der Waals surface area (Å²) in [4.78, 5) is 2.55. The molecule has 1 aromatic carbocycles. The van der Waals surface area contributed by atoms with Crippen LogP contribution in [0.25, 0.3) is 0 Å². The predicted molar refractivity (Wildman–Crippen MR) is 88.3 cm³/mol. The van der Waals surface area contributed by atoms with Crippen LogP contribution in [0.2, 0.25) is 0 Å². The highest BCUT2D eigenvalue weighted by Crippen LogP contribution is 2.24. The molecule has 3 heteroatoms. The second kappa shape index (κ2) is 7.92. The van der Waals surface area contributed by atoms with Crippen LogP contribution >= 0.6 is 0 Å². The Hall–Kier alpha value is -0.900. The van der Waals surface area contributed by atoms with Crippen molar-refractivity contribution in [3.8, 4) is 0 Å². The number of likely N-dealkylation sites (tertiary alicyclic amines) is 1. The molecule has 3 atom stereocenters. The molecular formula is C18H30N2O. The molecule has 0 bridgehead atoms. The summed E-state index contributed by atoms with van der Waals surface area (Å²) in [5.41, 5.74) is 1.40. The van der Waals surface area contributed by atoms with Gasteiger partial charge < -0.3 is 10.4 Å². The normalized spacial score (nSPS) is 22.6. The summed E-state index contributed by atoms with van der Waals surface area (Å²) in [7, 11) is 0. The maximum absolute atomic E-state index is 9.84. The molecule has 0 aliphatic carbocycles. The lowest BCUT2D eigenvalue weighted by atomic mass is 10.0. The van der Waals surface area contributed by atoms with Crippen LogP contribution in [0, 0.1) is 5.92 Å². The van der Waals surface area contributed by atoms with Gasteiger partial charge in [-0.1, -0.05) is 44.2 Å². The molecule has 2 rings (SSSR count). The SMILES string of the molecule is CC(C)C(O)CCNC1CCN(C(C)c2ccccc2)C1. The van der Waals surface area contributed by atoms with E-state index in [9.17, 15) is 5.11 Å². The van der Waals surface area contributed by atoms with E-state index in [-0.39, 0.29) is 6.10 Å². The number of nitrogens with one attached hydrogen (secondary N) is 1. The molecule has 118 valence electrons. The largest absolute Gasteiger partial charge is 0.393 e. The first-order valence-corrected chi connectivity index (χ1v) is 8.28. The summed E-state index contributed by atoms with van der Waals surface area (Å²) in [6, 6.07) is 11.8. The topological polar surface area (TPSA) is 35.5 Å². The van der Waals surface area contributed by atoms with E-state index in [1.54, 1.807) is 0 Å². The zero-order valence-electron chi connectivity index (χ0n) is 13.6. The Morgan fingerprint density at radius 2 is 1.95 bits per heavy atom. The molecule has 2 N–H and O–H groups in total. The number of aliphatic hydroxyl groups excluding tert-OH is 1. The predicted octanol–water partition coefficient (Wildman–Crippen LogP) is 2.82. The fraction of sp³-hybridized carbons (Fsp3) is 0.667. The Bertz CT molecular complexity index is 407. The average Bonchev–Trinajstić information content (AvgIpc) is 2.96. The standard InChI is InChI=1S/C18H30N2O/c1-14(2)18(21)9-11-19-17-10-12-20(13-17)15(3)16-7-5-4-6-8-16/h4-8,14-15,17-19,21H,9-13H2,1-3H3. The lowest BCUT2D eigenvalue weighted by Gasteiger charge is -2.25. The Morgan fingerprint density at radius 1 is 1.24 bits per heavy atom. The van der Waals surface area contributed by atoms with E-state index in [1.807, 2.05) is 0 Å². The average molecular weight is 290 g/mol. The molecule has 1 aliphatic rings. The second-order valence-electron chi connectivity index (χ2n) is 6.62. The molecule has 0 amide bonds. The molecule has 0 aromatic heterocycles.